The summed E-state index contributed by atoms with van der Waals surface area (Å²) >= 11 is 0. The van der Waals surface area contributed by atoms with Crippen LogP contribution in [0.25, 0.3) is 11.3 Å². The maximum atomic E-state index is 15.1. The predicted molar refractivity (Wildman–Crippen MR) is 140 cm³/mol. The van der Waals surface area contributed by atoms with Gasteiger partial charge < -0.3 is 21.5 Å². The Balaban J connectivity index is 1.70. The molecule has 3 aromatic rings. The number of nitrogens with zero attached hydrogens (tertiary/aromatic N) is 2. The molecular weight excluding hydrogens is 495 g/mol. The van der Waals surface area contributed by atoms with Gasteiger partial charge in [0.15, 0.2) is 11.5 Å². The number of aromatic nitrogens is 2. The first kappa shape index (κ1) is 27.5. The second-order valence-corrected chi connectivity index (χ2v) is 10.5. The maximum Gasteiger partial charge on any atom is 0.276 e. The van der Waals surface area contributed by atoms with E-state index in [1.807, 2.05) is 6.07 Å². The van der Waals surface area contributed by atoms with E-state index in [2.05, 4.69) is 22.2 Å². The number of halogens is 3. The lowest BCUT2D eigenvalue weighted by Crippen LogP contribution is -2.31. The Morgan fingerprint density at radius 1 is 1.11 bits per heavy atom. The molecule has 3 atom stereocenters. The molecule has 0 bridgehead atoms. The second-order valence-electron chi connectivity index (χ2n) is 10.5. The largest absolute Gasteiger partial charge is 0.397 e. The standard InChI is InChI=1S/C28H32F3N5O2/c1-14-7-15(9-17(32)8-14)18-5-6-34-13-23(18)35-27(37)26-22(33)12-21(31)25(36-26)24-19(29)10-16(11-20(24)30)28(2,3)38-4/h5-6,10-15,17H,7-9,32-33H2,1-4H3,(H,35,37). The lowest BCUT2D eigenvalue weighted by atomic mass is 9.76. The smallest absolute Gasteiger partial charge is 0.276 e. The fourth-order valence-electron chi connectivity index (χ4n) is 5.08. The molecule has 10 heteroatoms. The molecule has 1 fully saturated rings. The molecule has 1 aliphatic rings. The van der Waals surface area contributed by atoms with Gasteiger partial charge >= 0.3 is 0 Å². The summed E-state index contributed by atoms with van der Waals surface area (Å²) in [4.78, 5) is 21.3. The van der Waals surface area contributed by atoms with Crippen molar-refractivity contribution in [3.63, 3.8) is 0 Å². The van der Waals surface area contributed by atoms with E-state index >= 15 is 8.78 Å². The van der Waals surface area contributed by atoms with Gasteiger partial charge in [0.05, 0.1) is 28.7 Å². The van der Waals surface area contributed by atoms with Crippen LogP contribution in [0.1, 0.15) is 67.6 Å². The Kier molecular flexibility index (Phi) is 7.75. The van der Waals surface area contributed by atoms with Gasteiger partial charge in [-0.25, -0.2) is 18.2 Å². The quantitative estimate of drug-likeness (QED) is 0.389. The number of benzene rings is 1. The van der Waals surface area contributed by atoms with E-state index in [1.165, 1.54) is 13.3 Å². The number of carbonyl (C=O) groups is 1. The third-order valence-electron chi connectivity index (χ3n) is 7.23. The fraction of sp³-hybridized carbons (Fsp3) is 0.393. The summed E-state index contributed by atoms with van der Waals surface area (Å²) in [6, 6.07) is 4.80. The summed E-state index contributed by atoms with van der Waals surface area (Å²) in [5.74, 6) is -3.40. The molecule has 202 valence electrons. The SMILES string of the molecule is COC(C)(C)c1cc(F)c(-c2nc(C(=O)Nc3cnccc3C3CC(C)CC(N)C3)c(N)cc2F)c(F)c1. The molecule has 4 rings (SSSR count). The van der Waals surface area contributed by atoms with Crippen molar-refractivity contribution in [3.05, 3.63) is 70.9 Å². The van der Waals surface area contributed by atoms with E-state index in [4.69, 9.17) is 16.2 Å². The highest BCUT2D eigenvalue weighted by atomic mass is 19.1. The number of nitrogens with two attached hydrogens (primary N) is 2. The molecule has 38 heavy (non-hydrogen) atoms. The minimum atomic E-state index is -1.07. The van der Waals surface area contributed by atoms with Crippen molar-refractivity contribution in [2.75, 3.05) is 18.2 Å². The van der Waals surface area contributed by atoms with Crippen molar-refractivity contribution in [2.24, 2.45) is 11.7 Å². The molecule has 2 aromatic heterocycles. The molecule has 0 saturated heterocycles. The highest BCUT2D eigenvalue weighted by Gasteiger charge is 2.29. The zero-order valence-electron chi connectivity index (χ0n) is 21.8. The molecule has 2 heterocycles. The van der Waals surface area contributed by atoms with Crippen LogP contribution in [0.4, 0.5) is 24.5 Å². The van der Waals surface area contributed by atoms with Crippen LogP contribution in [0, 0.1) is 23.4 Å². The number of pyridine rings is 2. The van der Waals surface area contributed by atoms with E-state index < -0.39 is 40.2 Å². The van der Waals surface area contributed by atoms with Crippen LogP contribution in [-0.4, -0.2) is 29.0 Å². The Morgan fingerprint density at radius 2 is 1.79 bits per heavy atom. The molecular formula is C28H32F3N5O2. The topological polar surface area (TPSA) is 116 Å². The van der Waals surface area contributed by atoms with Crippen LogP contribution < -0.4 is 16.8 Å². The van der Waals surface area contributed by atoms with E-state index in [1.54, 1.807) is 20.0 Å². The number of rotatable bonds is 6. The first-order valence-corrected chi connectivity index (χ1v) is 12.4. The fourth-order valence-corrected chi connectivity index (χ4v) is 5.08. The van der Waals surface area contributed by atoms with E-state index in [0.717, 1.165) is 43.0 Å². The van der Waals surface area contributed by atoms with Crippen molar-refractivity contribution < 1.29 is 22.7 Å². The molecule has 0 radical (unpaired) electrons. The average Bonchev–Trinajstić information content (AvgIpc) is 2.84. The van der Waals surface area contributed by atoms with Gasteiger partial charge in [0.1, 0.15) is 17.3 Å². The number of anilines is 2. The second kappa shape index (κ2) is 10.7. The minimum Gasteiger partial charge on any atom is -0.397 e. The minimum absolute atomic E-state index is 0.0445. The van der Waals surface area contributed by atoms with Gasteiger partial charge in [0.25, 0.3) is 5.91 Å². The monoisotopic (exact) mass is 527 g/mol. The first-order chi connectivity index (χ1) is 17.9. The zero-order chi connectivity index (χ0) is 27.8. The van der Waals surface area contributed by atoms with Crippen molar-refractivity contribution in [1.29, 1.82) is 0 Å². The lowest BCUT2D eigenvalue weighted by Gasteiger charge is -2.32. The van der Waals surface area contributed by atoms with Gasteiger partial charge in [-0.1, -0.05) is 6.92 Å². The average molecular weight is 528 g/mol. The van der Waals surface area contributed by atoms with Gasteiger partial charge in [-0.05, 0) is 74.3 Å². The lowest BCUT2D eigenvalue weighted by molar-refractivity contribution is 0.0187. The van der Waals surface area contributed by atoms with Crippen LogP contribution in [0.5, 0.6) is 0 Å². The van der Waals surface area contributed by atoms with Gasteiger partial charge in [0, 0.05) is 25.4 Å². The van der Waals surface area contributed by atoms with Crippen molar-refractivity contribution in [3.8, 4) is 11.3 Å². The van der Waals surface area contributed by atoms with Gasteiger partial charge in [-0.3, -0.25) is 9.78 Å². The highest BCUT2D eigenvalue weighted by molar-refractivity contribution is 6.07. The van der Waals surface area contributed by atoms with Gasteiger partial charge in [0.2, 0.25) is 0 Å². The number of carbonyl (C=O) groups excluding carboxylic acids is 1. The predicted octanol–water partition coefficient (Wildman–Crippen LogP) is 5.51. The molecule has 1 saturated carbocycles. The Labute approximate surface area is 219 Å². The number of ether oxygens (including phenoxy) is 1. The Hall–Kier alpha value is -3.50. The highest BCUT2D eigenvalue weighted by Crippen LogP contribution is 2.39. The number of hydrogen-bond donors (Lipinski definition) is 3. The van der Waals surface area contributed by atoms with Crippen LogP contribution in [0.2, 0.25) is 0 Å². The molecule has 0 spiro atoms. The summed E-state index contributed by atoms with van der Waals surface area (Å²) in [6.07, 6.45) is 5.73. The van der Waals surface area contributed by atoms with Crippen LogP contribution in [0.3, 0.4) is 0 Å². The number of nitrogens with one attached hydrogen (secondary N) is 1. The van der Waals surface area contributed by atoms with E-state index in [0.29, 0.717) is 11.6 Å². The Bertz CT molecular complexity index is 1330. The molecule has 5 N–H and O–H groups in total. The maximum absolute atomic E-state index is 15.1. The van der Waals surface area contributed by atoms with E-state index in [-0.39, 0.29) is 28.9 Å². The molecule has 0 aliphatic heterocycles. The summed E-state index contributed by atoms with van der Waals surface area (Å²) in [5.41, 5.74) is 10.7. The van der Waals surface area contributed by atoms with Crippen LogP contribution >= 0.6 is 0 Å². The van der Waals surface area contributed by atoms with Crippen molar-refractivity contribution in [1.82, 2.24) is 9.97 Å². The number of amides is 1. The summed E-state index contributed by atoms with van der Waals surface area (Å²) in [5, 5.41) is 2.75. The number of hydrogen-bond acceptors (Lipinski definition) is 6. The summed E-state index contributed by atoms with van der Waals surface area (Å²) in [7, 11) is 1.41. The molecule has 1 amide bonds. The van der Waals surface area contributed by atoms with Gasteiger partial charge in [-0.2, -0.15) is 0 Å². The van der Waals surface area contributed by atoms with Crippen LogP contribution in [0.15, 0.2) is 36.7 Å². The van der Waals surface area contributed by atoms with E-state index in [9.17, 15) is 9.18 Å². The summed E-state index contributed by atoms with van der Waals surface area (Å²) < 4.78 is 50.4. The first-order valence-electron chi connectivity index (χ1n) is 12.4. The third-order valence-corrected chi connectivity index (χ3v) is 7.23. The number of methoxy groups -OCH3 is 1. The molecule has 1 aliphatic carbocycles. The molecule has 7 nitrogen and oxygen atoms in total. The summed E-state index contributed by atoms with van der Waals surface area (Å²) in [6.45, 7) is 5.41. The molecule has 3 unspecified atom stereocenters. The Morgan fingerprint density at radius 3 is 2.42 bits per heavy atom. The molecule has 1 aromatic carbocycles. The third kappa shape index (κ3) is 5.51. The zero-order valence-corrected chi connectivity index (χ0v) is 21.8. The number of nitrogen functional groups attached to an aromatic ring is 1. The van der Waals surface area contributed by atoms with Crippen LogP contribution in [-0.2, 0) is 10.3 Å². The van der Waals surface area contributed by atoms with Gasteiger partial charge in [-0.15, -0.1) is 0 Å². The normalized spacial score (nSPS) is 19.8. The van der Waals surface area contributed by atoms with Crippen molar-refractivity contribution >= 4 is 17.3 Å². The van der Waals surface area contributed by atoms with Crippen molar-refractivity contribution in [2.45, 2.75) is 57.6 Å².